The maximum atomic E-state index is 6.07. The van der Waals surface area contributed by atoms with Crippen molar-refractivity contribution in [2.24, 2.45) is 0 Å². The molecule has 130 valence electrons. The smallest absolute Gasteiger partial charge is 0.202 e. The third kappa shape index (κ3) is 4.12. The maximum absolute atomic E-state index is 6.07. The van der Waals surface area contributed by atoms with E-state index in [-0.39, 0.29) is 0 Å². The molecule has 1 aromatic carbocycles. The van der Waals surface area contributed by atoms with E-state index < -0.39 is 0 Å². The lowest BCUT2D eigenvalue weighted by Crippen LogP contribution is -2.45. The molecule has 3 aromatic rings. The predicted octanol–water partition coefficient (Wildman–Crippen LogP) is 3.91. The summed E-state index contributed by atoms with van der Waals surface area (Å²) >= 11 is 6.07. The highest BCUT2D eigenvalue weighted by Gasteiger charge is 2.19. The molecule has 3 heterocycles. The molecule has 0 N–H and O–H groups in total. The number of furan rings is 1. The van der Waals surface area contributed by atoms with Crippen LogP contribution in [-0.2, 0) is 13.1 Å². The van der Waals surface area contributed by atoms with Crippen molar-refractivity contribution in [3.05, 3.63) is 65.0 Å². The summed E-state index contributed by atoms with van der Waals surface area (Å²) in [5.74, 6) is 1.39. The Balaban J connectivity index is 1.29. The van der Waals surface area contributed by atoms with Crippen LogP contribution in [0.2, 0.25) is 5.02 Å². The largest absolute Gasteiger partial charge is 0.461 e. The van der Waals surface area contributed by atoms with E-state index in [2.05, 4.69) is 21.0 Å². The van der Waals surface area contributed by atoms with Gasteiger partial charge in [-0.05, 0) is 29.8 Å². The van der Waals surface area contributed by atoms with Gasteiger partial charge in [-0.2, -0.15) is 0 Å². The first-order valence-corrected chi connectivity index (χ1v) is 8.83. The fourth-order valence-electron chi connectivity index (χ4n) is 3.15. The first-order valence-electron chi connectivity index (χ1n) is 8.45. The number of halogens is 1. The van der Waals surface area contributed by atoms with Gasteiger partial charge in [0.05, 0.1) is 12.0 Å². The summed E-state index contributed by atoms with van der Waals surface area (Å²) < 4.78 is 10.7. The molecule has 1 saturated heterocycles. The van der Waals surface area contributed by atoms with Gasteiger partial charge in [0.15, 0.2) is 5.76 Å². The Morgan fingerprint density at radius 2 is 1.72 bits per heavy atom. The average molecular weight is 358 g/mol. The molecule has 5 nitrogen and oxygen atoms in total. The van der Waals surface area contributed by atoms with E-state index in [4.69, 9.17) is 20.5 Å². The molecule has 1 fully saturated rings. The fourth-order valence-corrected chi connectivity index (χ4v) is 3.36. The molecule has 0 atom stereocenters. The minimum Gasteiger partial charge on any atom is -0.461 e. The van der Waals surface area contributed by atoms with Crippen LogP contribution in [-0.4, -0.2) is 41.1 Å². The highest BCUT2D eigenvalue weighted by Crippen LogP contribution is 2.21. The third-order valence-corrected chi connectivity index (χ3v) is 4.70. The summed E-state index contributed by atoms with van der Waals surface area (Å²) in [6, 6.07) is 13.8. The van der Waals surface area contributed by atoms with E-state index in [1.54, 1.807) is 6.26 Å². The van der Waals surface area contributed by atoms with Gasteiger partial charge in [0.25, 0.3) is 0 Å². The minimum atomic E-state index is 0.680. The van der Waals surface area contributed by atoms with Gasteiger partial charge in [-0.15, -0.1) is 0 Å². The molecule has 6 heteroatoms. The highest BCUT2D eigenvalue weighted by atomic mass is 35.5. The van der Waals surface area contributed by atoms with Gasteiger partial charge in [-0.3, -0.25) is 9.80 Å². The van der Waals surface area contributed by atoms with Crippen molar-refractivity contribution < 1.29 is 8.94 Å². The Hall–Kier alpha value is -2.08. The minimum absolute atomic E-state index is 0.680. The van der Waals surface area contributed by atoms with Gasteiger partial charge < -0.3 is 8.94 Å². The Morgan fingerprint density at radius 3 is 2.44 bits per heavy atom. The zero-order valence-electron chi connectivity index (χ0n) is 13.9. The molecule has 1 aliphatic heterocycles. The van der Waals surface area contributed by atoms with Crippen molar-refractivity contribution >= 4 is 11.6 Å². The van der Waals surface area contributed by atoms with Gasteiger partial charge in [0, 0.05) is 50.4 Å². The van der Waals surface area contributed by atoms with Crippen molar-refractivity contribution in [2.45, 2.75) is 13.1 Å². The van der Waals surface area contributed by atoms with E-state index in [1.165, 1.54) is 5.56 Å². The molecule has 25 heavy (non-hydrogen) atoms. The monoisotopic (exact) mass is 357 g/mol. The van der Waals surface area contributed by atoms with E-state index >= 15 is 0 Å². The van der Waals surface area contributed by atoms with Crippen LogP contribution in [0.5, 0.6) is 0 Å². The second-order valence-corrected chi connectivity index (χ2v) is 6.78. The fraction of sp³-hybridized carbons (Fsp3) is 0.316. The van der Waals surface area contributed by atoms with Crippen molar-refractivity contribution in [1.82, 2.24) is 15.0 Å². The van der Waals surface area contributed by atoms with E-state index in [0.29, 0.717) is 11.5 Å². The molecule has 0 spiro atoms. The number of nitrogens with zero attached hydrogens (tertiary/aromatic N) is 3. The zero-order chi connectivity index (χ0) is 17.1. The molecule has 0 amide bonds. The molecule has 0 aliphatic carbocycles. The van der Waals surface area contributed by atoms with Crippen LogP contribution in [0.1, 0.15) is 11.3 Å². The SMILES string of the molecule is Clc1cccc(CN2CCN(Cc3cc(-c4ccco4)on3)CC2)c1. The van der Waals surface area contributed by atoms with E-state index in [0.717, 1.165) is 50.0 Å². The number of benzene rings is 1. The number of rotatable bonds is 5. The topological polar surface area (TPSA) is 45.7 Å². The summed E-state index contributed by atoms with van der Waals surface area (Å²) in [5.41, 5.74) is 2.20. The van der Waals surface area contributed by atoms with Gasteiger partial charge in [0.1, 0.15) is 0 Å². The van der Waals surface area contributed by atoms with Gasteiger partial charge in [-0.25, -0.2) is 0 Å². The normalized spacial score (nSPS) is 16.4. The zero-order valence-corrected chi connectivity index (χ0v) is 14.7. The summed E-state index contributed by atoms with van der Waals surface area (Å²) in [6.07, 6.45) is 1.64. The highest BCUT2D eigenvalue weighted by molar-refractivity contribution is 6.30. The Kier molecular flexibility index (Phi) is 4.88. The Labute approximate surface area is 151 Å². The lowest BCUT2D eigenvalue weighted by molar-refractivity contribution is 0.120. The summed E-state index contributed by atoms with van der Waals surface area (Å²) in [5, 5.41) is 4.96. The quantitative estimate of drug-likeness (QED) is 0.692. The first-order chi connectivity index (χ1) is 12.3. The van der Waals surface area contributed by atoms with Gasteiger partial charge >= 0.3 is 0 Å². The second-order valence-electron chi connectivity index (χ2n) is 6.34. The van der Waals surface area contributed by atoms with Crippen LogP contribution in [0.3, 0.4) is 0 Å². The lowest BCUT2D eigenvalue weighted by Gasteiger charge is -2.34. The first kappa shape index (κ1) is 16.4. The molecule has 4 rings (SSSR count). The van der Waals surface area contributed by atoms with E-state index in [9.17, 15) is 0 Å². The van der Waals surface area contributed by atoms with Gasteiger partial charge in [-0.1, -0.05) is 28.9 Å². The molecule has 0 saturated carbocycles. The number of hydrogen-bond acceptors (Lipinski definition) is 5. The maximum Gasteiger partial charge on any atom is 0.202 e. The molecule has 0 unspecified atom stereocenters. The van der Waals surface area contributed by atoms with Gasteiger partial charge in [0.2, 0.25) is 5.76 Å². The molecular weight excluding hydrogens is 338 g/mol. The number of hydrogen-bond donors (Lipinski definition) is 0. The Bertz CT molecular complexity index is 808. The summed E-state index contributed by atoms with van der Waals surface area (Å²) in [6.45, 7) is 5.86. The predicted molar refractivity (Wildman–Crippen MR) is 96.2 cm³/mol. The van der Waals surface area contributed by atoms with Crippen LogP contribution in [0, 0.1) is 0 Å². The second kappa shape index (κ2) is 7.44. The molecule has 2 aromatic heterocycles. The average Bonchev–Trinajstić information content (AvgIpc) is 3.28. The molecular formula is C19H20ClN3O2. The van der Waals surface area contributed by atoms with Crippen LogP contribution >= 0.6 is 11.6 Å². The molecule has 1 aliphatic rings. The van der Waals surface area contributed by atoms with Crippen LogP contribution in [0.4, 0.5) is 0 Å². The van der Waals surface area contributed by atoms with Crippen LogP contribution in [0.15, 0.2) is 57.7 Å². The van der Waals surface area contributed by atoms with E-state index in [1.807, 2.05) is 36.4 Å². The summed E-state index contributed by atoms with van der Waals surface area (Å²) in [7, 11) is 0. The van der Waals surface area contributed by atoms with Crippen molar-refractivity contribution in [1.29, 1.82) is 0 Å². The number of aromatic nitrogens is 1. The van der Waals surface area contributed by atoms with Crippen molar-refractivity contribution in [3.8, 4) is 11.5 Å². The van der Waals surface area contributed by atoms with Crippen molar-refractivity contribution in [2.75, 3.05) is 26.2 Å². The number of piperazine rings is 1. The van der Waals surface area contributed by atoms with Crippen LogP contribution in [0.25, 0.3) is 11.5 Å². The van der Waals surface area contributed by atoms with Crippen LogP contribution < -0.4 is 0 Å². The lowest BCUT2D eigenvalue weighted by atomic mass is 10.2. The third-order valence-electron chi connectivity index (χ3n) is 4.47. The Morgan fingerprint density at radius 1 is 0.920 bits per heavy atom. The standard InChI is InChI=1S/C19H20ClN3O2/c20-16-4-1-3-15(11-16)13-22-6-8-23(9-7-22)14-17-12-19(25-21-17)18-5-2-10-24-18/h1-5,10-12H,6-9,13-14H2. The molecule has 0 radical (unpaired) electrons. The van der Waals surface area contributed by atoms with Crippen molar-refractivity contribution in [3.63, 3.8) is 0 Å². The molecule has 0 bridgehead atoms. The summed E-state index contributed by atoms with van der Waals surface area (Å²) in [4.78, 5) is 4.86.